The zero-order valence-corrected chi connectivity index (χ0v) is 14.5. The molecule has 0 N–H and O–H groups in total. The highest BCUT2D eigenvalue weighted by Crippen LogP contribution is 2.25. The largest absolute Gasteiger partial charge is 0.295 e. The molecule has 0 aliphatic carbocycles. The average molecular weight is 383 g/mol. The van der Waals surface area contributed by atoms with E-state index in [2.05, 4.69) is 50.0 Å². The molecular formula is C15H13BrClN3S. The summed E-state index contributed by atoms with van der Waals surface area (Å²) in [6.07, 6.45) is 0. The molecule has 0 spiro atoms. The van der Waals surface area contributed by atoms with Crippen molar-refractivity contribution in [3.8, 4) is 0 Å². The highest BCUT2D eigenvalue weighted by Gasteiger charge is 2.09. The van der Waals surface area contributed by atoms with Crippen molar-refractivity contribution in [2.24, 2.45) is 0 Å². The van der Waals surface area contributed by atoms with Crippen LogP contribution in [0.25, 0.3) is 10.2 Å². The number of hydrogen-bond acceptors (Lipinski definition) is 4. The number of nitrogens with zero attached hydrogens (tertiary/aromatic N) is 3. The van der Waals surface area contributed by atoms with Gasteiger partial charge in [-0.3, -0.25) is 4.90 Å². The molecule has 0 fully saturated rings. The highest BCUT2D eigenvalue weighted by molar-refractivity contribution is 9.10. The lowest BCUT2D eigenvalue weighted by Gasteiger charge is -2.16. The van der Waals surface area contributed by atoms with E-state index in [0.29, 0.717) is 11.7 Å². The topological polar surface area (TPSA) is 29.0 Å². The van der Waals surface area contributed by atoms with Crippen LogP contribution in [0.2, 0.25) is 5.15 Å². The molecule has 0 radical (unpaired) electrons. The fourth-order valence-corrected chi connectivity index (χ4v) is 3.48. The summed E-state index contributed by atoms with van der Waals surface area (Å²) in [5.74, 6) is 0.759. The summed E-state index contributed by atoms with van der Waals surface area (Å²) in [5, 5.41) is 3.45. The van der Waals surface area contributed by atoms with Crippen LogP contribution in [0.5, 0.6) is 0 Å². The van der Waals surface area contributed by atoms with Crippen molar-refractivity contribution in [2.75, 3.05) is 7.05 Å². The van der Waals surface area contributed by atoms with Crippen molar-refractivity contribution in [3.63, 3.8) is 0 Å². The lowest BCUT2D eigenvalue weighted by molar-refractivity contribution is 0.311. The van der Waals surface area contributed by atoms with Crippen LogP contribution < -0.4 is 0 Å². The smallest absolute Gasteiger partial charge is 0.145 e. The van der Waals surface area contributed by atoms with E-state index in [-0.39, 0.29) is 0 Å². The molecule has 3 nitrogen and oxygen atoms in total. The Hall–Kier alpha value is -1.01. The first kappa shape index (κ1) is 14.9. The van der Waals surface area contributed by atoms with Gasteiger partial charge in [0.15, 0.2) is 0 Å². The third-order valence-corrected chi connectivity index (χ3v) is 4.73. The molecule has 0 unspecified atom stereocenters. The van der Waals surface area contributed by atoms with Crippen molar-refractivity contribution < 1.29 is 0 Å². The Morgan fingerprint density at radius 1 is 1.14 bits per heavy atom. The Labute approximate surface area is 140 Å². The van der Waals surface area contributed by atoms with Crippen molar-refractivity contribution in [3.05, 3.63) is 56.7 Å². The molecule has 0 aliphatic heterocycles. The van der Waals surface area contributed by atoms with Crippen LogP contribution >= 0.6 is 38.9 Å². The van der Waals surface area contributed by atoms with E-state index in [1.807, 2.05) is 23.6 Å². The van der Waals surface area contributed by atoms with E-state index >= 15 is 0 Å². The molecule has 6 heteroatoms. The third kappa shape index (κ3) is 3.61. The predicted octanol–water partition coefficient (Wildman–Crippen LogP) is 4.74. The molecule has 3 rings (SSSR count). The van der Waals surface area contributed by atoms with Gasteiger partial charge in [-0.05, 0) is 36.2 Å². The predicted molar refractivity (Wildman–Crippen MR) is 91.7 cm³/mol. The molecule has 2 heterocycles. The number of aromatic nitrogens is 2. The molecule has 0 atom stereocenters. The molecule has 0 saturated heterocycles. The Kier molecular flexibility index (Phi) is 4.54. The first-order valence-electron chi connectivity index (χ1n) is 6.44. The number of hydrogen-bond donors (Lipinski definition) is 0. The maximum atomic E-state index is 6.20. The van der Waals surface area contributed by atoms with Gasteiger partial charge >= 0.3 is 0 Å². The van der Waals surface area contributed by atoms with Gasteiger partial charge < -0.3 is 0 Å². The number of halogens is 2. The van der Waals surface area contributed by atoms with E-state index in [1.54, 1.807) is 11.3 Å². The zero-order chi connectivity index (χ0) is 14.8. The van der Waals surface area contributed by atoms with E-state index in [1.165, 1.54) is 5.56 Å². The lowest BCUT2D eigenvalue weighted by Crippen LogP contribution is -2.18. The average Bonchev–Trinajstić information content (AvgIpc) is 2.90. The van der Waals surface area contributed by atoms with Crippen LogP contribution in [-0.4, -0.2) is 21.9 Å². The van der Waals surface area contributed by atoms with Crippen LogP contribution in [0.3, 0.4) is 0 Å². The van der Waals surface area contributed by atoms with E-state index in [0.717, 1.165) is 27.1 Å². The first-order chi connectivity index (χ1) is 10.1. The van der Waals surface area contributed by atoms with Crippen LogP contribution in [0.4, 0.5) is 0 Å². The summed E-state index contributed by atoms with van der Waals surface area (Å²) in [7, 11) is 2.05. The quantitative estimate of drug-likeness (QED) is 0.610. The van der Waals surface area contributed by atoms with Gasteiger partial charge in [0.05, 0.1) is 6.54 Å². The normalized spacial score (nSPS) is 11.4. The van der Waals surface area contributed by atoms with Crippen molar-refractivity contribution >= 4 is 49.1 Å². The van der Waals surface area contributed by atoms with Crippen molar-refractivity contribution in [1.82, 2.24) is 14.9 Å². The second kappa shape index (κ2) is 6.40. The minimum absolute atomic E-state index is 0.535. The van der Waals surface area contributed by atoms with Crippen molar-refractivity contribution in [1.29, 1.82) is 0 Å². The van der Waals surface area contributed by atoms with Crippen molar-refractivity contribution in [2.45, 2.75) is 13.1 Å². The SMILES string of the molecule is CN(Cc1ccc(Br)cc1)Cc1nc(Cl)c2ccsc2n1. The Bertz CT molecular complexity index is 757. The number of thiophene rings is 1. The minimum Gasteiger partial charge on any atom is -0.295 e. The summed E-state index contributed by atoms with van der Waals surface area (Å²) in [6.45, 7) is 1.51. The summed E-state index contributed by atoms with van der Waals surface area (Å²) in [4.78, 5) is 12.1. The van der Waals surface area contributed by atoms with Gasteiger partial charge in [0.2, 0.25) is 0 Å². The Morgan fingerprint density at radius 2 is 1.90 bits per heavy atom. The molecule has 0 bridgehead atoms. The van der Waals surface area contributed by atoms with Crippen LogP contribution in [-0.2, 0) is 13.1 Å². The Morgan fingerprint density at radius 3 is 2.67 bits per heavy atom. The summed E-state index contributed by atoms with van der Waals surface area (Å²) in [5.41, 5.74) is 1.25. The minimum atomic E-state index is 0.535. The maximum Gasteiger partial charge on any atom is 0.145 e. The van der Waals surface area contributed by atoms with Gasteiger partial charge in [-0.25, -0.2) is 9.97 Å². The first-order valence-corrected chi connectivity index (χ1v) is 8.49. The van der Waals surface area contributed by atoms with E-state index < -0.39 is 0 Å². The molecule has 108 valence electrons. The highest BCUT2D eigenvalue weighted by atomic mass is 79.9. The molecule has 0 saturated carbocycles. The lowest BCUT2D eigenvalue weighted by atomic mass is 10.2. The van der Waals surface area contributed by atoms with Crippen LogP contribution in [0.15, 0.2) is 40.2 Å². The molecule has 2 aromatic heterocycles. The van der Waals surface area contributed by atoms with Crippen LogP contribution in [0.1, 0.15) is 11.4 Å². The van der Waals surface area contributed by atoms with Gasteiger partial charge in [-0.15, -0.1) is 11.3 Å². The fourth-order valence-electron chi connectivity index (χ4n) is 2.13. The molecule has 1 aromatic carbocycles. The summed E-state index contributed by atoms with van der Waals surface area (Å²) >= 11 is 11.2. The third-order valence-electron chi connectivity index (χ3n) is 3.10. The van der Waals surface area contributed by atoms with Crippen LogP contribution in [0, 0.1) is 0 Å². The second-order valence-corrected chi connectivity index (χ2v) is 7.04. The second-order valence-electron chi connectivity index (χ2n) is 4.87. The number of rotatable bonds is 4. The molecule has 0 amide bonds. The molecule has 3 aromatic rings. The standard InChI is InChI=1S/C15H13BrClN3S/c1-20(8-10-2-4-11(16)5-3-10)9-13-18-14(17)12-6-7-21-15(12)19-13/h2-7H,8-9H2,1H3. The van der Waals surface area contributed by atoms with Gasteiger partial charge in [0.1, 0.15) is 15.8 Å². The molecule has 21 heavy (non-hydrogen) atoms. The summed E-state index contributed by atoms with van der Waals surface area (Å²) in [6, 6.07) is 10.3. The zero-order valence-electron chi connectivity index (χ0n) is 11.4. The number of benzene rings is 1. The molecular weight excluding hydrogens is 370 g/mol. The monoisotopic (exact) mass is 381 g/mol. The van der Waals surface area contributed by atoms with E-state index in [4.69, 9.17) is 11.6 Å². The molecule has 0 aliphatic rings. The maximum absolute atomic E-state index is 6.20. The summed E-state index contributed by atoms with van der Waals surface area (Å²) < 4.78 is 1.09. The van der Waals surface area contributed by atoms with Gasteiger partial charge in [0.25, 0.3) is 0 Å². The number of fused-ring (bicyclic) bond motifs is 1. The Balaban J connectivity index is 1.73. The fraction of sp³-hybridized carbons (Fsp3) is 0.200. The van der Waals surface area contributed by atoms with Gasteiger partial charge in [-0.2, -0.15) is 0 Å². The van der Waals surface area contributed by atoms with E-state index in [9.17, 15) is 0 Å². The van der Waals surface area contributed by atoms with Gasteiger partial charge in [-0.1, -0.05) is 39.7 Å². The van der Waals surface area contributed by atoms with Gasteiger partial charge in [0, 0.05) is 16.4 Å².